The highest BCUT2D eigenvalue weighted by atomic mass is 35.5. The highest BCUT2D eigenvalue weighted by Crippen LogP contribution is 2.29. The second-order valence-electron chi connectivity index (χ2n) is 2.99. The van der Waals surface area contributed by atoms with Gasteiger partial charge in [-0.3, -0.25) is 0 Å². The zero-order valence-corrected chi connectivity index (χ0v) is 8.69. The number of nitrogen functional groups attached to an aromatic ring is 1. The molecular weight excluding hydrogens is 186 g/mol. The molecule has 0 amide bonds. The number of hydrogen-bond donors (Lipinski definition) is 1. The van der Waals surface area contributed by atoms with E-state index in [0.717, 1.165) is 17.7 Å². The van der Waals surface area contributed by atoms with Crippen molar-refractivity contribution in [2.24, 2.45) is 0 Å². The third kappa shape index (κ3) is 2.52. The molecule has 0 bridgehead atoms. The summed E-state index contributed by atoms with van der Waals surface area (Å²) >= 11 is 5.96. The summed E-state index contributed by atoms with van der Waals surface area (Å²) < 4.78 is 5.41. The fourth-order valence-corrected chi connectivity index (χ4v) is 1.26. The molecule has 0 heterocycles. The van der Waals surface area contributed by atoms with Crippen molar-refractivity contribution in [1.29, 1.82) is 0 Å². The molecule has 3 heteroatoms. The van der Waals surface area contributed by atoms with Crippen LogP contribution in [0.15, 0.2) is 12.1 Å². The molecule has 0 unspecified atom stereocenters. The highest BCUT2D eigenvalue weighted by Gasteiger charge is 2.04. The van der Waals surface area contributed by atoms with Crippen LogP contribution in [0.2, 0.25) is 5.02 Å². The van der Waals surface area contributed by atoms with E-state index in [4.69, 9.17) is 22.1 Å². The first-order valence-corrected chi connectivity index (χ1v) is 4.71. The minimum atomic E-state index is 0.625. The van der Waals surface area contributed by atoms with Gasteiger partial charge in [-0.2, -0.15) is 0 Å². The summed E-state index contributed by atoms with van der Waals surface area (Å²) in [5.41, 5.74) is 7.42. The molecule has 0 radical (unpaired) electrons. The van der Waals surface area contributed by atoms with E-state index in [2.05, 4.69) is 0 Å². The molecule has 0 saturated heterocycles. The maximum atomic E-state index is 5.96. The van der Waals surface area contributed by atoms with Crippen molar-refractivity contribution in [3.8, 4) is 5.75 Å². The topological polar surface area (TPSA) is 35.2 Å². The largest absolute Gasteiger partial charge is 0.492 e. The standard InChI is InChI=1S/C10H14ClNO/c1-3-4-13-10-6-9(12)7(2)5-8(10)11/h5-6H,3-4,12H2,1-2H3. The summed E-state index contributed by atoms with van der Waals surface area (Å²) in [6.07, 6.45) is 0.962. The molecule has 0 atom stereocenters. The van der Waals surface area contributed by atoms with Crippen molar-refractivity contribution in [3.63, 3.8) is 0 Å². The third-order valence-electron chi connectivity index (χ3n) is 1.78. The number of hydrogen-bond acceptors (Lipinski definition) is 2. The lowest BCUT2D eigenvalue weighted by Gasteiger charge is -2.09. The first-order chi connectivity index (χ1) is 6.15. The first-order valence-electron chi connectivity index (χ1n) is 4.33. The van der Waals surface area contributed by atoms with E-state index in [-0.39, 0.29) is 0 Å². The molecule has 0 aromatic heterocycles. The predicted molar refractivity (Wildman–Crippen MR) is 56.4 cm³/mol. The molecule has 0 aliphatic rings. The van der Waals surface area contributed by atoms with Crippen LogP contribution >= 0.6 is 11.6 Å². The molecule has 13 heavy (non-hydrogen) atoms. The summed E-state index contributed by atoms with van der Waals surface area (Å²) in [5, 5.41) is 0.625. The number of anilines is 1. The van der Waals surface area contributed by atoms with Crippen LogP contribution in [0.4, 0.5) is 5.69 Å². The lowest BCUT2D eigenvalue weighted by atomic mass is 10.2. The number of rotatable bonds is 3. The van der Waals surface area contributed by atoms with Crippen LogP contribution in [0.1, 0.15) is 18.9 Å². The van der Waals surface area contributed by atoms with Crippen LogP contribution in [0.3, 0.4) is 0 Å². The molecule has 0 spiro atoms. The average molecular weight is 200 g/mol. The van der Waals surface area contributed by atoms with E-state index in [0.29, 0.717) is 17.4 Å². The Morgan fingerprint density at radius 2 is 2.15 bits per heavy atom. The third-order valence-corrected chi connectivity index (χ3v) is 2.08. The van der Waals surface area contributed by atoms with Gasteiger partial charge in [-0.25, -0.2) is 0 Å². The van der Waals surface area contributed by atoms with Crippen molar-refractivity contribution in [2.45, 2.75) is 20.3 Å². The summed E-state index contributed by atoms with van der Waals surface area (Å²) in [6, 6.07) is 3.59. The van der Waals surface area contributed by atoms with Crippen molar-refractivity contribution in [1.82, 2.24) is 0 Å². The fourth-order valence-electron chi connectivity index (χ4n) is 0.991. The monoisotopic (exact) mass is 199 g/mol. The Balaban J connectivity index is 2.88. The lowest BCUT2D eigenvalue weighted by Crippen LogP contribution is -1.98. The van der Waals surface area contributed by atoms with Gasteiger partial charge in [0.1, 0.15) is 5.75 Å². The minimum Gasteiger partial charge on any atom is -0.492 e. The van der Waals surface area contributed by atoms with E-state index in [1.807, 2.05) is 19.9 Å². The smallest absolute Gasteiger partial charge is 0.139 e. The van der Waals surface area contributed by atoms with Crippen LogP contribution in [-0.4, -0.2) is 6.61 Å². The zero-order chi connectivity index (χ0) is 9.84. The number of halogens is 1. The summed E-state index contributed by atoms with van der Waals surface area (Å²) in [6.45, 7) is 4.64. The Hall–Kier alpha value is -0.890. The second-order valence-corrected chi connectivity index (χ2v) is 3.39. The molecule has 0 fully saturated rings. The Kier molecular flexibility index (Phi) is 3.43. The molecule has 72 valence electrons. The second kappa shape index (κ2) is 4.38. The van der Waals surface area contributed by atoms with Crippen LogP contribution in [0.5, 0.6) is 5.75 Å². The minimum absolute atomic E-state index is 0.625. The Labute approximate surface area is 83.6 Å². The van der Waals surface area contributed by atoms with E-state index in [1.54, 1.807) is 6.07 Å². The molecule has 1 aromatic carbocycles. The Bertz CT molecular complexity index is 299. The van der Waals surface area contributed by atoms with Gasteiger partial charge in [-0.05, 0) is 25.0 Å². The van der Waals surface area contributed by atoms with Crippen molar-refractivity contribution < 1.29 is 4.74 Å². The van der Waals surface area contributed by atoms with E-state index >= 15 is 0 Å². The summed E-state index contributed by atoms with van der Waals surface area (Å²) in [5.74, 6) is 0.673. The van der Waals surface area contributed by atoms with Gasteiger partial charge in [0.15, 0.2) is 0 Å². The van der Waals surface area contributed by atoms with E-state index in [1.165, 1.54) is 0 Å². The van der Waals surface area contributed by atoms with Crippen LogP contribution in [-0.2, 0) is 0 Å². The van der Waals surface area contributed by atoms with Gasteiger partial charge in [0.2, 0.25) is 0 Å². The van der Waals surface area contributed by atoms with Gasteiger partial charge >= 0.3 is 0 Å². The quantitative estimate of drug-likeness (QED) is 0.760. The molecule has 1 aromatic rings. The number of aryl methyl sites for hydroxylation is 1. The Morgan fingerprint density at radius 3 is 2.77 bits per heavy atom. The number of nitrogens with two attached hydrogens (primary N) is 1. The van der Waals surface area contributed by atoms with Crippen LogP contribution in [0.25, 0.3) is 0 Å². The van der Waals surface area contributed by atoms with Gasteiger partial charge in [-0.15, -0.1) is 0 Å². The lowest BCUT2D eigenvalue weighted by molar-refractivity contribution is 0.318. The van der Waals surface area contributed by atoms with Gasteiger partial charge in [0.25, 0.3) is 0 Å². The zero-order valence-electron chi connectivity index (χ0n) is 7.93. The number of benzene rings is 1. The van der Waals surface area contributed by atoms with Gasteiger partial charge < -0.3 is 10.5 Å². The highest BCUT2D eigenvalue weighted by molar-refractivity contribution is 6.32. The molecule has 0 saturated carbocycles. The van der Waals surface area contributed by atoms with Crippen molar-refractivity contribution in [2.75, 3.05) is 12.3 Å². The predicted octanol–water partition coefficient (Wildman–Crippen LogP) is 3.02. The summed E-state index contributed by atoms with van der Waals surface area (Å²) in [7, 11) is 0. The Morgan fingerprint density at radius 1 is 1.46 bits per heavy atom. The molecule has 2 nitrogen and oxygen atoms in total. The van der Waals surface area contributed by atoms with Crippen molar-refractivity contribution >= 4 is 17.3 Å². The average Bonchev–Trinajstić information content (AvgIpc) is 2.09. The molecule has 0 aliphatic carbocycles. The van der Waals surface area contributed by atoms with Gasteiger partial charge in [0, 0.05) is 11.8 Å². The van der Waals surface area contributed by atoms with Gasteiger partial charge in [0.05, 0.1) is 11.6 Å². The normalized spacial score (nSPS) is 10.1. The summed E-state index contributed by atoms with van der Waals surface area (Å²) in [4.78, 5) is 0. The molecule has 2 N–H and O–H groups in total. The maximum absolute atomic E-state index is 5.96. The fraction of sp³-hybridized carbons (Fsp3) is 0.400. The van der Waals surface area contributed by atoms with Crippen LogP contribution < -0.4 is 10.5 Å². The SMILES string of the molecule is CCCOc1cc(N)c(C)cc1Cl. The molecule has 1 rings (SSSR count). The van der Waals surface area contributed by atoms with Gasteiger partial charge in [-0.1, -0.05) is 18.5 Å². The van der Waals surface area contributed by atoms with Crippen LogP contribution in [0, 0.1) is 6.92 Å². The number of ether oxygens (including phenoxy) is 1. The first kappa shape index (κ1) is 10.2. The van der Waals surface area contributed by atoms with E-state index in [9.17, 15) is 0 Å². The van der Waals surface area contributed by atoms with Crippen molar-refractivity contribution in [3.05, 3.63) is 22.7 Å². The maximum Gasteiger partial charge on any atom is 0.139 e. The molecular formula is C10H14ClNO. The van der Waals surface area contributed by atoms with E-state index < -0.39 is 0 Å². The molecule has 0 aliphatic heterocycles.